The number of benzene rings is 2. The number of aromatic nitrogens is 4. The van der Waals surface area contributed by atoms with Crippen LogP contribution >= 0.6 is 0 Å². The van der Waals surface area contributed by atoms with Crippen molar-refractivity contribution in [2.24, 2.45) is 0 Å². The van der Waals surface area contributed by atoms with Gasteiger partial charge in [-0.05, 0) is 75.1 Å². The van der Waals surface area contributed by atoms with Crippen molar-refractivity contribution in [1.29, 1.82) is 0 Å². The average Bonchev–Trinajstić information content (AvgIpc) is 3.77. The molecule has 0 atom stereocenters. The first kappa shape index (κ1) is 29.2. The Bertz CT molecular complexity index is 1950. The van der Waals surface area contributed by atoms with Crippen molar-refractivity contribution in [3.05, 3.63) is 119 Å². The van der Waals surface area contributed by atoms with Crippen molar-refractivity contribution in [1.82, 2.24) is 20.1 Å². The number of rotatable bonds is 4. The fraction of sp³-hybridized carbons (Fsp3) is 0.189. The third-order valence-electron chi connectivity index (χ3n) is 8.09. The minimum absolute atomic E-state index is 0.137. The van der Waals surface area contributed by atoms with Crippen LogP contribution in [-0.4, -0.2) is 31.7 Å². The van der Waals surface area contributed by atoms with Gasteiger partial charge in [-0.25, -0.2) is 14.4 Å². The molecular formula is C37H29FN4O4. The summed E-state index contributed by atoms with van der Waals surface area (Å²) in [6.45, 7) is 2.04. The molecule has 9 heteroatoms. The molecule has 2 aliphatic carbocycles. The normalized spacial score (nSPS) is 13.9. The van der Waals surface area contributed by atoms with E-state index in [-0.39, 0.29) is 17.4 Å². The number of oxazole rings is 1. The van der Waals surface area contributed by atoms with Crippen molar-refractivity contribution in [2.45, 2.75) is 45.4 Å². The molecule has 46 heavy (non-hydrogen) atoms. The number of ketones is 2. The zero-order valence-corrected chi connectivity index (χ0v) is 25.1. The second-order valence-corrected chi connectivity index (χ2v) is 11.4. The number of pyridine rings is 2. The Hall–Kier alpha value is -5.57. The Morgan fingerprint density at radius 1 is 0.674 bits per heavy atom. The van der Waals surface area contributed by atoms with E-state index in [2.05, 4.69) is 26.2 Å². The highest BCUT2D eigenvalue weighted by Crippen LogP contribution is 2.29. The molecule has 2 aromatic carbocycles. The van der Waals surface area contributed by atoms with Gasteiger partial charge in [0.1, 0.15) is 17.2 Å². The SMILES string of the molecule is Cc1cccc(-c2cc(-c3ccc4c(n3)CCCC4=O)no2)c1.O=C1CCCc2nc(-c3ncc(-c4cccc(F)c4)o3)ccc21. The summed E-state index contributed by atoms with van der Waals surface area (Å²) in [6, 6.07) is 23.4. The number of nitrogens with zero attached hydrogens (tertiary/aromatic N) is 4. The maximum atomic E-state index is 13.3. The summed E-state index contributed by atoms with van der Waals surface area (Å²) in [4.78, 5) is 37.1. The molecule has 0 radical (unpaired) electrons. The molecule has 2 aliphatic rings. The Morgan fingerprint density at radius 3 is 2.02 bits per heavy atom. The van der Waals surface area contributed by atoms with E-state index in [1.54, 1.807) is 30.5 Å². The molecule has 4 heterocycles. The first-order valence-electron chi connectivity index (χ1n) is 15.2. The zero-order chi connectivity index (χ0) is 31.6. The molecule has 0 amide bonds. The van der Waals surface area contributed by atoms with E-state index in [1.165, 1.54) is 17.7 Å². The molecule has 8 nitrogen and oxygen atoms in total. The van der Waals surface area contributed by atoms with Gasteiger partial charge in [0.15, 0.2) is 23.1 Å². The zero-order valence-electron chi connectivity index (χ0n) is 25.1. The van der Waals surface area contributed by atoms with Crippen LogP contribution in [0.4, 0.5) is 4.39 Å². The molecule has 4 aromatic heterocycles. The Kier molecular flexibility index (Phi) is 7.88. The topological polar surface area (TPSA) is 112 Å². The standard InChI is InChI=1S/C19H16N2O2.C18H13FN2O2/c1-12-4-2-5-13(10-12)19-11-17(21-23-19)16-9-8-14-15(20-16)6-3-7-18(14)22;19-12-4-1-3-11(9-12)17-10-20-18(23-17)15-8-7-13-14(21-15)5-2-6-16(13)22/h2,4-5,8-11H,3,6-7H2,1H3;1,3-4,7-10H,2,5-6H2. The Labute approximate surface area is 264 Å². The van der Waals surface area contributed by atoms with Gasteiger partial charge < -0.3 is 8.94 Å². The number of hydrogen-bond donors (Lipinski definition) is 0. The van der Waals surface area contributed by atoms with Gasteiger partial charge in [0.25, 0.3) is 0 Å². The predicted molar refractivity (Wildman–Crippen MR) is 170 cm³/mol. The van der Waals surface area contributed by atoms with Crippen molar-refractivity contribution in [2.75, 3.05) is 0 Å². The molecule has 0 fully saturated rings. The fourth-order valence-corrected chi connectivity index (χ4v) is 5.75. The van der Waals surface area contributed by atoms with Gasteiger partial charge in [0.05, 0.1) is 23.3 Å². The van der Waals surface area contributed by atoms with Crippen LogP contribution in [0.25, 0.3) is 45.6 Å². The average molecular weight is 613 g/mol. The Balaban J connectivity index is 0.000000147. The second kappa shape index (κ2) is 12.4. The third-order valence-corrected chi connectivity index (χ3v) is 8.09. The molecule has 8 rings (SSSR count). The summed E-state index contributed by atoms with van der Waals surface area (Å²) in [7, 11) is 0. The van der Waals surface area contributed by atoms with Crippen LogP contribution in [0.3, 0.4) is 0 Å². The van der Waals surface area contributed by atoms with E-state index in [9.17, 15) is 14.0 Å². The molecule has 6 aromatic rings. The van der Waals surface area contributed by atoms with Crippen LogP contribution in [0, 0.1) is 12.7 Å². The summed E-state index contributed by atoms with van der Waals surface area (Å²) >= 11 is 0. The number of halogens is 1. The molecule has 0 bridgehead atoms. The first-order valence-corrected chi connectivity index (χ1v) is 15.2. The third kappa shape index (κ3) is 6.04. The molecule has 0 saturated heterocycles. The summed E-state index contributed by atoms with van der Waals surface area (Å²) in [5.74, 6) is 1.56. The van der Waals surface area contributed by atoms with Gasteiger partial charge in [-0.3, -0.25) is 14.6 Å². The van der Waals surface area contributed by atoms with Gasteiger partial charge in [0.2, 0.25) is 5.89 Å². The van der Waals surface area contributed by atoms with Gasteiger partial charge in [-0.2, -0.15) is 0 Å². The van der Waals surface area contributed by atoms with Crippen LogP contribution in [0.2, 0.25) is 0 Å². The number of aryl methyl sites for hydroxylation is 3. The molecule has 0 spiro atoms. The fourth-order valence-electron chi connectivity index (χ4n) is 5.75. The lowest BCUT2D eigenvalue weighted by Crippen LogP contribution is -2.12. The predicted octanol–water partition coefficient (Wildman–Crippen LogP) is 8.29. The van der Waals surface area contributed by atoms with Crippen LogP contribution in [0.1, 0.15) is 63.4 Å². The maximum absolute atomic E-state index is 13.3. The highest BCUT2D eigenvalue weighted by atomic mass is 19.1. The van der Waals surface area contributed by atoms with E-state index in [0.717, 1.165) is 59.7 Å². The van der Waals surface area contributed by atoms with Crippen molar-refractivity contribution in [3.63, 3.8) is 0 Å². The van der Waals surface area contributed by atoms with Gasteiger partial charge >= 0.3 is 0 Å². The maximum Gasteiger partial charge on any atom is 0.245 e. The monoisotopic (exact) mass is 612 g/mol. The van der Waals surface area contributed by atoms with Crippen molar-refractivity contribution in [3.8, 4) is 45.6 Å². The summed E-state index contributed by atoms with van der Waals surface area (Å²) in [6.07, 6.45) is 6.07. The van der Waals surface area contributed by atoms with E-state index < -0.39 is 0 Å². The molecule has 0 N–H and O–H groups in total. The van der Waals surface area contributed by atoms with Crippen LogP contribution < -0.4 is 0 Å². The van der Waals surface area contributed by atoms with Crippen LogP contribution in [0.5, 0.6) is 0 Å². The smallest absolute Gasteiger partial charge is 0.245 e. The molecule has 228 valence electrons. The summed E-state index contributed by atoms with van der Waals surface area (Å²) < 4.78 is 24.5. The van der Waals surface area contributed by atoms with E-state index in [4.69, 9.17) is 8.94 Å². The Morgan fingerprint density at radius 2 is 1.33 bits per heavy atom. The van der Waals surface area contributed by atoms with E-state index >= 15 is 0 Å². The van der Waals surface area contributed by atoms with Gasteiger partial charge in [-0.15, -0.1) is 0 Å². The molecule has 0 saturated carbocycles. The second-order valence-electron chi connectivity index (χ2n) is 11.4. The molecular weight excluding hydrogens is 583 g/mol. The minimum atomic E-state index is -0.328. The van der Waals surface area contributed by atoms with Crippen molar-refractivity contribution >= 4 is 11.6 Å². The molecule has 0 unspecified atom stereocenters. The number of hydrogen-bond acceptors (Lipinski definition) is 8. The quantitative estimate of drug-likeness (QED) is 0.195. The highest BCUT2D eigenvalue weighted by molar-refractivity contribution is 5.98. The number of carbonyl (C=O) groups is 2. The summed E-state index contributed by atoms with van der Waals surface area (Å²) in [5.41, 5.74) is 7.94. The lowest BCUT2D eigenvalue weighted by molar-refractivity contribution is 0.0963. The summed E-state index contributed by atoms with van der Waals surface area (Å²) in [5, 5.41) is 4.14. The number of fused-ring (bicyclic) bond motifs is 2. The largest absolute Gasteiger partial charge is 0.435 e. The van der Waals surface area contributed by atoms with Gasteiger partial charge in [-0.1, -0.05) is 41.1 Å². The number of Topliss-reactive ketones (excluding diaryl/α,β-unsaturated/α-hetero) is 2. The van der Waals surface area contributed by atoms with E-state index in [0.29, 0.717) is 47.0 Å². The number of carbonyl (C=O) groups excluding carboxylic acids is 2. The van der Waals surface area contributed by atoms with Crippen molar-refractivity contribution < 1.29 is 22.9 Å². The van der Waals surface area contributed by atoms with E-state index in [1.807, 2.05) is 43.3 Å². The van der Waals surface area contributed by atoms with Gasteiger partial charge in [0, 0.05) is 41.2 Å². The van der Waals surface area contributed by atoms with Crippen LogP contribution in [0.15, 0.2) is 94.0 Å². The lowest BCUT2D eigenvalue weighted by atomic mass is 9.94. The highest BCUT2D eigenvalue weighted by Gasteiger charge is 2.21. The van der Waals surface area contributed by atoms with Crippen LogP contribution in [-0.2, 0) is 12.8 Å². The minimum Gasteiger partial charge on any atom is -0.435 e. The first-order chi connectivity index (χ1) is 22.4. The lowest BCUT2D eigenvalue weighted by Gasteiger charge is -2.13. The molecule has 0 aliphatic heterocycles.